The van der Waals surface area contributed by atoms with Gasteiger partial charge in [0.1, 0.15) is 5.82 Å². The first kappa shape index (κ1) is 13.3. The summed E-state index contributed by atoms with van der Waals surface area (Å²) in [6.45, 7) is 4.24. The summed E-state index contributed by atoms with van der Waals surface area (Å²) < 4.78 is 0. The van der Waals surface area contributed by atoms with Gasteiger partial charge in [0.25, 0.3) is 0 Å². The van der Waals surface area contributed by atoms with Crippen molar-refractivity contribution < 1.29 is 14.7 Å². The zero-order chi connectivity index (χ0) is 14.0. The molecule has 0 saturated carbocycles. The Morgan fingerprint density at radius 1 is 1.53 bits per heavy atom. The van der Waals surface area contributed by atoms with Gasteiger partial charge in [-0.1, -0.05) is 0 Å². The zero-order valence-corrected chi connectivity index (χ0v) is 11.0. The second kappa shape index (κ2) is 4.87. The van der Waals surface area contributed by atoms with Crippen molar-refractivity contribution in [1.29, 1.82) is 0 Å². The van der Waals surface area contributed by atoms with Crippen LogP contribution in [0.25, 0.3) is 0 Å². The van der Waals surface area contributed by atoms with Gasteiger partial charge in [0.15, 0.2) is 0 Å². The Labute approximate surface area is 111 Å². The van der Waals surface area contributed by atoms with Crippen LogP contribution in [0.3, 0.4) is 0 Å². The summed E-state index contributed by atoms with van der Waals surface area (Å²) in [6, 6.07) is 3.31. The molecule has 1 atom stereocenters. The third-order valence-electron chi connectivity index (χ3n) is 3.43. The van der Waals surface area contributed by atoms with Gasteiger partial charge in [0.2, 0.25) is 0 Å². The third kappa shape index (κ3) is 2.83. The van der Waals surface area contributed by atoms with Crippen LogP contribution in [-0.2, 0) is 4.79 Å². The van der Waals surface area contributed by atoms with E-state index < -0.39 is 11.4 Å². The Kier molecular flexibility index (Phi) is 3.42. The van der Waals surface area contributed by atoms with E-state index in [0.29, 0.717) is 18.8 Å². The minimum atomic E-state index is -0.864. The van der Waals surface area contributed by atoms with Gasteiger partial charge in [-0.3, -0.25) is 10.1 Å². The van der Waals surface area contributed by atoms with Crippen LogP contribution < -0.4 is 5.32 Å². The fraction of sp³-hybridized carbons (Fsp3) is 0.462. The Bertz CT molecular complexity index is 518. The molecule has 1 aliphatic rings. The molecule has 0 bridgehead atoms. The average molecular weight is 263 g/mol. The number of carboxylic acids is 1. The van der Waals surface area contributed by atoms with Gasteiger partial charge in [-0.15, -0.1) is 0 Å². The van der Waals surface area contributed by atoms with Crippen LogP contribution in [-0.4, -0.2) is 40.1 Å². The molecule has 2 rings (SSSR count). The lowest BCUT2D eigenvalue weighted by molar-refractivity contribution is -0.146. The van der Waals surface area contributed by atoms with Crippen LogP contribution in [0.4, 0.5) is 10.6 Å². The normalized spacial score (nSPS) is 22.3. The topological polar surface area (TPSA) is 82.5 Å². The lowest BCUT2D eigenvalue weighted by Crippen LogP contribution is -2.37. The molecule has 1 aliphatic heterocycles. The van der Waals surface area contributed by atoms with E-state index >= 15 is 0 Å². The summed E-state index contributed by atoms with van der Waals surface area (Å²) in [5.74, 6) is -0.384. The third-order valence-corrected chi connectivity index (χ3v) is 3.43. The van der Waals surface area contributed by atoms with E-state index in [9.17, 15) is 9.59 Å². The molecule has 0 aliphatic carbocycles. The second-order valence-electron chi connectivity index (χ2n) is 5.19. The second-order valence-corrected chi connectivity index (χ2v) is 5.19. The van der Waals surface area contributed by atoms with Crippen molar-refractivity contribution in [1.82, 2.24) is 9.88 Å². The van der Waals surface area contributed by atoms with E-state index in [0.717, 1.165) is 5.56 Å². The summed E-state index contributed by atoms with van der Waals surface area (Å²) in [4.78, 5) is 28.7. The number of rotatable bonds is 2. The van der Waals surface area contributed by atoms with Crippen molar-refractivity contribution in [2.45, 2.75) is 20.3 Å². The number of hydrogen-bond acceptors (Lipinski definition) is 3. The van der Waals surface area contributed by atoms with Gasteiger partial charge in [0, 0.05) is 19.3 Å². The molecule has 6 heteroatoms. The van der Waals surface area contributed by atoms with Gasteiger partial charge in [-0.25, -0.2) is 9.78 Å². The fourth-order valence-electron chi connectivity index (χ4n) is 2.10. The molecule has 1 saturated heterocycles. The van der Waals surface area contributed by atoms with Crippen LogP contribution >= 0.6 is 0 Å². The minimum absolute atomic E-state index is 0.222. The van der Waals surface area contributed by atoms with Crippen molar-refractivity contribution in [3.8, 4) is 0 Å². The number of aryl methyl sites for hydroxylation is 1. The molecule has 1 aromatic rings. The van der Waals surface area contributed by atoms with Crippen molar-refractivity contribution in [2.75, 3.05) is 18.4 Å². The number of nitrogens with one attached hydrogen (secondary N) is 1. The van der Waals surface area contributed by atoms with Gasteiger partial charge in [0.05, 0.1) is 5.41 Å². The molecule has 0 spiro atoms. The number of anilines is 1. The summed E-state index contributed by atoms with van der Waals surface area (Å²) in [5, 5.41) is 11.8. The highest BCUT2D eigenvalue weighted by Crippen LogP contribution is 2.30. The van der Waals surface area contributed by atoms with Crippen molar-refractivity contribution in [3.63, 3.8) is 0 Å². The number of aromatic nitrogens is 1. The van der Waals surface area contributed by atoms with Crippen molar-refractivity contribution in [2.24, 2.45) is 5.41 Å². The Morgan fingerprint density at radius 2 is 2.26 bits per heavy atom. The van der Waals surface area contributed by atoms with Crippen LogP contribution in [0, 0.1) is 12.3 Å². The van der Waals surface area contributed by atoms with Gasteiger partial charge in [-0.2, -0.15) is 0 Å². The quantitative estimate of drug-likeness (QED) is 0.851. The van der Waals surface area contributed by atoms with Gasteiger partial charge in [-0.05, 0) is 38.0 Å². The highest BCUT2D eigenvalue weighted by molar-refractivity contribution is 5.89. The van der Waals surface area contributed by atoms with E-state index in [1.165, 1.54) is 4.90 Å². The molecule has 6 nitrogen and oxygen atoms in total. The lowest BCUT2D eigenvalue weighted by atomic mass is 9.90. The summed E-state index contributed by atoms with van der Waals surface area (Å²) in [5.41, 5.74) is 0.152. The Balaban J connectivity index is 2.01. The molecule has 1 unspecified atom stereocenters. The molecule has 0 aromatic carbocycles. The highest BCUT2D eigenvalue weighted by atomic mass is 16.4. The molecule has 2 N–H and O–H groups in total. The number of amides is 2. The SMILES string of the molecule is Cc1ccnc(NC(=O)N2CCC(C)(C(=O)O)C2)c1. The first-order chi connectivity index (χ1) is 8.90. The predicted molar refractivity (Wildman–Crippen MR) is 69.9 cm³/mol. The summed E-state index contributed by atoms with van der Waals surface area (Å²) in [7, 11) is 0. The number of urea groups is 1. The number of hydrogen-bond donors (Lipinski definition) is 2. The number of carbonyl (C=O) groups is 2. The minimum Gasteiger partial charge on any atom is -0.481 e. The molecule has 1 aromatic heterocycles. The van der Waals surface area contributed by atoms with Crippen LogP contribution in [0.2, 0.25) is 0 Å². The first-order valence-corrected chi connectivity index (χ1v) is 6.13. The number of pyridine rings is 1. The van der Waals surface area contributed by atoms with Crippen molar-refractivity contribution in [3.05, 3.63) is 23.9 Å². The largest absolute Gasteiger partial charge is 0.481 e. The molecule has 2 amide bonds. The summed E-state index contributed by atoms with van der Waals surface area (Å²) >= 11 is 0. The number of aliphatic carboxylic acids is 1. The van der Waals surface area contributed by atoms with Crippen LogP contribution in [0.15, 0.2) is 18.3 Å². The fourth-order valence-corrected chi connectivity index (χ4v) is 2.10. The van der Waals surface area contributed by atoms with E-state index in [2.05, 4.69) is 10.3 Å². The molecule has 102 valence electrons. The number of carbonyl (C=O) groups excluding carboxylic acids is 1. The van der Waals surface area contributed by atoms with E-state index in [1.807, 2.05) is 13.0 Å². The molecule has 19 heavy (non-hydrogen) atoms. The maximum atomic E-state index is 12.0. The smallest absolute Gasteiger partial charge is 0.323 e. The van der Waals surface area contributed by atoms with E-state index in [4.69, 9.17) is 5.11 Å². The monoisotopic (exact) mass is 263 g/mol. The maximum absolute atomic E-state index is 12.0. The zero-order valence-electron chi connectivity index (χ0n) is 11.0. The first-order valence-electron chi connectivity index (χ1n) is 6.13. The standard InChI is InChI=1S/C13H17N3O3/c1-9-3-5-14-10(7-9)15-12(19)16-6-4-13(2,8-16)11(17)18/h3,5,7H,4,6,8H2,1-2H3,(H,17,18)(H,14,15,19). The molecular weight excluding hydrogens is 246 g/mol. The Morgan fingerprint density at radius 3 is 2.84 bits per heavy atom. The van der Waals surface area contributed by atoms with E-state index in [-0.39, 0.29) is 12.6 Å². The highest BCUT2D eigenvalue weighted by Gasteiger charge is 2.42. The number of carboxylic acid groups (broad SMARTS) is 1. The number of likely N-dealkylation sites (tertiary alicyclic amines) is 1. The Hall–Kier alpha value is -2.11. The van der Waals surface area contributed by atoms with Gasteiger partial charge >= 0.3 is 12.0 Å². The molecule has 0 radical (unpaired) electrons. The predicted octanol–water partition coefficient (Wildman–Crippen LogP) is 1.72. The van der Waals surface area contributed by atoms with Crippen molar-refractivity contribution >= 4 is 17.8 Å². The van der Waals surface area contributed by atoms with Gasteiger partial charge < -0.3 is 10.0 Å². The molecular formula is C13H17N3O3. The van der Waals surface area contributed by atoms with Crippen LogP contribution in [0.5, 0.6) is 0 Å². The summed E-state index contributed by atoms with van der Waals surface area (Å²) in [6.07, 6.45) is 2.09. The molecule has 1 fully saturated rings. The van der Waals surface area contributed by atoms with Crippen LogP contribution in [0.1, 0.15) is 18.9 Å². The van der Waals surface area contributed by atoms with E-state index in [1.54, 1.807) is 19.2 Å². The maximum Gasteiger partial charge on any atom is 0.323 e. The lowest BCUT2D eigenvalue weighted by Gasteiger charge is -2.20. The molecule has 2 heterocycles. The number of nitrogens with zero attached hydrogens (tertiary/aromatic N) is 2. The average Bonchev–Trinajstić information content (AvgIpc) is 2.73.